The van der Waals surface area contributed by atoms with Crippen LogP contribution in [-0.2, 0) is 13.0 Å². The van der Waals surface area contributed by atoms with E-state index in [1.54, 1.807) is 12.1 Å². The molecule has 3 aromatic heterocycles. The molecule has 0 fully saturated rings. The number of nitrogen functional groups attached to an aromatic ring is 1. The summed E-state index contributed by atoms with van der Waals surface area (Å²) in [6.45, 7) is 2.13. The summed E-state index contributed by atoms with van der Waals surface area (Å²) in [4.78, 5) is 31.2. The van der Waals surface area contributed by atoms with Crippen molar-refractivity contribution in [3.63, 3.8) is 0 Å². The molecule has 0 atom stereocenters. The van der Waals surface area contributed by atoms with Gasteiger partial charge in [-0.3, -0.25) is 9.36 Å². The average molecular weight is 474 g/mol. The second kappa shape index (κ2) is 8.99. The molecule has 0 bridgehead atoms. The molecule has 0 spiro atoms. The first-order valence-corrected chi connectivity index (χ1v) is 11.5. The van der Waals surface area contributed by atoms with Crippen LogP contribution in [0.2, 0.25) is 0 Å². The highest BCUT2D eigenvalue weighted by Gasteiger charge is 2.15. The molecule has 0 amide bonds. The molecule has 5 rings (SSSR count). The number of nitrogens with zero attached hydrogens (tertiary/aromatic N) is 5. The third-order valence-electron chi connectivity index (χ3n) is 5.37. The summed E-state index contributed by atoms with van der Waals surface area (Å²) < 4.78 is 14.8. The van der Waals surface area contributed by atoms with Crippen molar-refractivity contribution in [2.75, 3.05) is 11.1 Å². The number of aromatic nitrogens is 5. The van der Waals surface area contributed by atoms with Gasteiger partial charge in [-0.05, 0) is 35.7 Å². The number of benzene rings is 2. The molecule has 2 aromatic carbocycles. The van der Waals surface area contributed by atoms with Gasteiger partial charge in [0.05, 0.1) is 18.3 Å². The van der Waals surface area contributed by atoms with Crippen LogP contribution in [0.3, 0.4) is 0 Å². The third kappa shape index (κ3) is 4.23. The number of hydrogen-bond donors (Lipinski definition) is 2. The van der Waals surface area contributed by atoms with E-state index in [0.717, 1.165) is 23.2 Å². The van der Waals surface area contributed by atoms with Crippen LogP contribution in [0.1, 0.15) is 18.3 Å². The summed E-state index contributed by atoms with van der Waals surface area (Å²) in [6, 6.07) is 13.9. The number of para-hydroxylation sites is 1. The van der Waals surface area contributed by atoms with Gasteiger partial charge in [0.2, 0.25) is 11.9 Å². The zero-order valence-corrected chi connectivity index (χ0v) is 19.0. The fourth-order valence-electron chi connectivity index (χ4n) is 3.71. The predicted octanol–water partition coefficient (Wildman–Crippen LogP) is 4.39. The smallest absolute Gasteiger partial charge is 0.263 e. The monoisotopic (exact) mass is 473 g/mol. The molecule has 3 heterocycles. The number of nitrogens with one attached hydrogen (secondary N) is 1. The number of hydrogen-bond acceptors (Lipinski definition) is 8. The van der Waals surface area contributed by atoms with Crippen LogP contribution in [0, 0.1) is 5.82 Å². The van der Waals surface area contributed by atoms with Crippen LogP contribution in [0.4, 0.5) is 22.0 Å². The molecule has 3 N–H and O–H groups in total. The number of nitrogens with two attached hydrogens (primary N) is 1. The van der Waals surface area contributed by atoms with Gasteiger partial charge in [-0.25, -0.2) is 9.37 Å². The Hall–Kier alpha value is -4.18. The van der Waals surface area contributed by atoms with E-state index in [-0.39, 0.29) is 23.9 Å². The predicted molar refractivity (Wildman–Crippen MR) is 132 cm³/mol. The molecule has 10 heteroatoms. The van der Waals surface area contributed by atoms with Crippen molar-refractivity contribution >= 4 is 39.1 Å². The van der Waals surface area contributed by atoms with Crippen molar-refractivity contribution in [1.29, 1.82) is 0 Å². The number of aryl methyl sites for hydroxylation is 1. The molecular formula is C24H20FN7OS. The molecule has 34 heavy (non-hydrogen) atoms. The zero-order chi connectivity index (χ0) is 23.7. The second-order valence-corrected chi connectivity index (χ2v) is 8.44. The summed E-state index contributed by atoms with van der Waals surface area (Å²) in [5.74, 6) is 0.335. The fourth-order valence-corrected chi connectivity index (χ4v) is 4.62. The minimum absolute atomic E-state index is 0.0473. The van der Waals surface area contributed by atoms with Crippen LogP contribution < -0.4 is 16.6 Å². The Labute approximate surface area is 198 Å². The molecule has 0 radical (unpaired) electrons. The number of rotatable bonds is 6. The van der Waals surface area contributed by atoms with E-state index in [2.05, 4.69) is 32.2 Å². The van der Waals surface area contributed by atoms with Crippen molar-refractivity contribution < 1.29 is 4.39 Å². The summed E-state index contributed by atoms with van der Waals surface area (Å²) >= 11 is 1.36. The highest BCUT2D eigenvalue weighted by molar-refractivity contribution is 7.17. The van der Waals surface area contributed by atoms with Gasteiger partial charge in [0, 0.05) is 16.6 Å². The first-order valence-electron chi connectivity index (χ1n) is 10.6. The van der Waals surface area contributed by atoms with Crippen LogP contribution in [-0.4, -0.2) is 24.5 Å². The molecule has 170 valence electrons. The molecule has 8 nitrogen and oxygen atoms in total. The average Bonchev–Trinajstić information content (AvgIpc) is 3.26. The van der Waals surface area contributed by atoms with Gasteiger partial charge in [0.25, 0.3) is 5.56 Å². The van der Waals surface area contributed by atoms with Crippen molar-refractivity contribution in [1.82, 2.24) is 24.5 Å². The molecule has 0 saturated heterocycles. The largest absolute Gasteiger partial charge is 0.368 e. The van der Waals surface area contributed by atoms with Crippen molar-refractivity contribution in [3.05, 3.63) is 87.8 Å². The Bertz CT molecular complexity index is 1550. The molecular weight excluding hydrogens is 453 g/mol. The van der Waals surface area contributed by atoms with Crippen LogP contribution >= 0.6 is 11.3 Å². The first kappa shape index (κ1) is 21.7. The third-order valence-corrected chi connectivity index (χ3v) is 6.26. The van der Waals surface area contributed by atoms with Crippen molar-refractivity contribution in [2.45, 2.75) is 19.9 Å². The Morgan fingerprint density at radius 1 is 1.09 bits per heavy atom. The second-order valence-electron chi connectivity index (χ2n) is 7.58. The summed E-state index contributed by atoms with van der Waals surface area (Å²) in [6.07, 6.45) is 2.31. The minimum atomic E-state index is -0.336. The van der Waals surface area contributed by atoms with Crippen LogP contribution in [0.5, 0.6) is 0 Å². The highest BCUT2D eigenvalue weighted by atomic mass is 32.1. The summed E-state index contributed by atoms with van der Waals surface area (Å²) in [5.41, 5.74) is 9.13. The van der Waals surface area contributed by atoms with Gasteiger partial charge in [-0.1, -0.05) is 37.3 Å². The van der Waals surface area contributed by atoms with Crippen molar-refractivity contribution in [2.24, 2.45) is 0 Å². The number of fused-ring (bicyclic) bond motifs is 1. The topological polar surface area (TPSA) is 112 Å². The lowest BCUT2D eigenvalue weighted by Gasteiger charge is -2.11. The van der Waals surface area contributed by atoms with Gasteiger partial charge < -0.3 is 11.1 Å². The minimum Gasteiger partial charge on any atom is -0.368 e. The first-order chi connectivity index (χ1) is 16.5. The molecule has 0 aliphatic rings. The lowest BCUT2D eigenvalue weighted by molar-refractivity contribution is 0.628. The molecule has 5 aromatic rings. The van der Waals surface area contributed by atoms with Gasteiger partial charge in [-0.15, -0.1) is 11.3 Å². The molecule has 0 unspecified atom stereocenters. The van der Waals surface area contributed by atoms with Gasteiger partial charge in [-0.2, -0.15) is 15.0 Å². The van der Waals surface area contributed by atoms with E-state index in [0.29, 0.717) is 27.6 Å². The van der Waals surface area contributed by atoms with E-state index < -0.39 is 0 Å². The number of anilines is 3. The van der Waals surface area contributed by atoms with Crippen LogP contribution in [0.15, 0.2) is 65.0 Å². The normalized spacial score (nSPS) is 11.1. The van der Waals surface area contributed by atoms with E-state index in [9.17, 15) is 9.18 Å². The van der Waals surface area contributed by atoms with E-state index >= 15 is 0 Å². The van der Waals surface area contributed by atoms with Gasteiger partial charge in [0.15, 0.2) is 5.82 Å². The number of thiophene rings is 1. The van der Waals surface area contributed by atoms with Crippen LogP contribution in [0.25, 0.3) is 21.3 Å². The van der Waals surface area contributed by atoms with E-state index in [1.807, 2.05) is 29.6 Å². The lowest BCUT2D eigenvalue weighted by Crippen LogP contribution is -2.22. The lowest BCUT2D eigenvalue weighted by atomic mass is 10.1. The Kier molecular flexibility index (Phi) is 5.72. The summed E-state index contributed by atoms with van der Waals surface area (Å²) in [5, 5.41) is 5.51. The Morgan fingerprint density at radius 3 is 2.68 bits per heavy atom. The number of halogens is 1. The maximum absolute atomic E-state index is 13.4. The fraction of sp³-hybridized carbons (Fsp3) is 0.125. The molecule has 0 saturated carbocycles. The highest BCUT2D eigenvalue weighted by Crippen LogP contribution is 2.30. The maximum Gasteiger partial charge on any atom is 0.263 e. The standard InChI is InChI=1S/C24H20FN7OS/c1-2-14-5-3-4-6-18(14)28-24-30-19(29-23(26)31-24)11-32-13-27-21-20(22(32)33)17(12-34-21)15-7-9-16(25)10-8-15/h3-10,12-13H,2,11H2,1H3,(H3,26,28,29,30,31). The van der Waals surface area contributed by atoms with Gasteiger partial charge >= 0.3 is 0 Å². The zero-order valence-electron chi connectivity index (χ0n) is 18.2. The quantitative estimate of drug-likeness (QED) is 0.376. The SMILES string of the molecule is CCc1ccccc1Nc1nc(N)nc(Cn2cnc3scc(-c4ccc(F)cc4)c3c2=O)n1. The Morgan fingerprint density at radius 2 is 1.88 bits per heavy atom. The maximum atomic E-state index is 13.4. The summed E-state index contributed by atoms with van der Waals surface area (Å²) in [7, 11) is 0. The molecule has 0 aliphatic carbocycles. The van der Waals surface area contributed by atoms with E-state index in [4.69, 9.17) is 5.73 Å². The van der Waals surface area contributed by atoms with Gasteiger partial charge in [0.1, 0.15) is 10.6 Å². The molecule has 0 aliphatic heterocycles. The van der Waals surface area contributed by atoms with E-state index in [1.165, 1.54) is 34.4 Å². The Balaban J connectivity index is 1.50. The van der Waals surface area contributed by atoms with Crippen molar-refractivity contribution in [3.8, 4) is 11.1 Å².